The van der Waals surface area contributed by atoms with Crippen molar-refractivity contribution in [1.82, 2.24) is 0 Å². The highest BCUT2D eigenvalue weighted by Gasteiger charge is 2.26. The summed E-state index contributed by atoms with van der Waals surface area (Å²) in [6.45, 7) is -0.590. The molecule has 1 N–H and O–H groups in total. The Morgan fingerprint density at radius 1 is 1.33 bits per heavy atom. The van der Waals surface area contributed by atoms with Gasteiger partial charge in [0.2, 0.25) is 0 Å². The van der Waals surface area contributed by atoms with E-state index >= 15 is 0 Å². The highest BCUT2D eigenvalue weighted by Crippen LogP contribution is 2.45. The maximum absolute atomic E-state index is 12.3. The molecule has 0 radical (unpaired) electrons. The molecule has 0 aliphatic carbocycles. The van der Waals surface area contributed by atoms with Gasteiger partial charge in [0.25, 0.3) is 0 Å². The van der Waals surface area contributed by atoms with Crippen LogP contribution in [0.4, 0.5) is 14.5 Å². The monoisotopic (exact) mass is 327 g/mol. The quantitative estimate of drug-likeness (QED) is 0.814. The Hall–Kier alpha value is -1.27. The van der Waals surface area contributed by atoms with E-state index < -0.39 is 6.61 Å². The van der Waals surface area contributed by atoms with Crippen molar-refractivity contribution in [3.8, 4) is 5.75 Å². The lowest BCUT2D eigenvalue weighted by Gasteiger charge is -2.28. The first-order valence-electron chi connectivity index (χ1n) is 6.67. The largest absolute Gasteiger partial charge is 0.435 e. The van der Waals surface area contributed by atoms with E-state index in [2.05, 4.69) is 28.4 Å². The molecule has 2 atom stereocenters. The molecule has 1 aromatic heterocycles. The molecule has 1 aliphatic heterocycles. The Morgan fingerprint density at radius 2 is 2.19 bits per heavy atom. The number of alkyl halides is 2. The van der Waals surface area contributed by atoms with Crippen LogP contribution < -0.4 is 10.1 Å². The number of ether oxygens (including phenoxy) is 1. The predicted molar refractivity (Wildman–Crippen MR) is 83.7 cm³/mol. The Bertz CT molecular complexity index is 617. The number of thioether (sulfide) groups is 1. The molecule has 21 heavy (non-hydrogen) atoms. The molecule has 6 heteroatoms. The van der Waals surface area contributed by atoms with E-state index in [0.717, 1.165) is 12.1 Å². The topological polar surface area (TPSA) is 21.3 Å². The van der Waals surface area contributed by atoms with Gasteiger partial charge < -0.3 is 10.1 Å². The molecule has 1 unspecified atom stereocenters. The summed E-state index contributed by atoms with van der Waals surface area (Å²) < 4.78 is 30.3. The number of halogens is 2. The van der Waals surface area contributed by atoms with Crippen molar-refractivity contribution in [2.24, 2.45) is 0 Å². The smallest absolute Gasteiger partial charge is 0.387 e. The zero-order valence-corrected chi connectivity index (χ0v) is 13.0. The predicted octanol–water partition coefficient (Wildman–Crippen LogP) is 5.39. The summed E-state index contributed by atoms with van der Waals surface area (Å²) in [5.74, 6) is 0.179. The minimum absolute atomic E-state index is 0.179. The van der Waals surface area contributed by atoms with Crippen LogP contribution in [0.1, 0.15) is 24.9 Å². The lowest BCUT2D eigenvalue weighted by Crippen LogP contribution is -2.19. The SMILES string of the molecule is C[C@H]1CC(Nc2cccc(OC(F)F)c2)c2ccsc2S1. The normalized spacial score (nSPS) is 21.1. The third-order valence-corrected chi connectivity index (χ3v) is 5.65. The molecular formula is C15H15F2NOS2. The molecule has 0 saturated carbocycles. The first-order valence-corrected chi connectivity index (χ1v) is 8.43. The first-order chi connectivity index (χ1) is 10.1. The second-order valence-corrected chi connectivity index (χ2v) is 7.55. The Kier molecular flexibility index (Phi) is 4.35. The average molecular weight is 327 g/mol. The Morgan fingerprint density at radius 3 is 3.00 bits per heavy atom. The number of hydrogen-bond donors (Lipinski definition) is 1. The second-order valence-electron chi connectivity index (χ2n) is 4.93. The van der Waals surface area contributed by atoms with Crippen LogP contribution in [0.25, 0.3) is 0 Å². The Labute approximate surface area is 130 Å². The van der Waals surface area contributed by atoms with Crippen LogP contribution in [0, 0.1) is 0 Å². The lowest BCUT2D eigenvalue weighted by molar-refractivity contribution is -0.0498. The first kappa shape index (κ1) is 14.7. The van der Waals surface area contributed by atoms with E-state index in [1.807, 2.05) is 17.8 Å². The standard InChI is InChI=1S/C15H15F2NOS2/c1-9-7-13(12-5-6-20-14(12)21-9)18-10-3-2-4-11(8-10)19-15(16)17/h2-6,8-9,13,15,18H,7H2,1H3/t9-,13?/m0/s1. The van der Waals surface area contributed by atoms with Gasteiger partial charge in [-0.05, 0) is 35.6 Å². The minimum atomic E-state index is -2.80. The van der Waals surface area contributed by atoms with Gasteiger partial charge in [0.15, 0.2) is 0 Å². The summed E-state index contributed by atoms with van der Waals surface area (Å²) in [7, 11) is 0. The number of fused-ring (bicyclic) bond motifs is 1. The highest BCUT2D eigenvalue weighted by atomic mass is 32.2. The van der Waals surface area contributed by atoms with E-state index in [-0.39, 0.29) is 11.8 Å². The molecule has 0 amide bonds. The van der Waals surface area contributed by atoms with Gasteiger partial charge in [0, 0.05) is 17.0 Å². The van der Waals surface area contributed by atoms with E-state index in [4.69, 9.17) is 0 Å². The van der Waals surface area contributed by atoms with E-state index in [1.165, 1.54) is 15.8 Å². The van der Waals surface area contributed by atoms with E-state index in [1.54, 1.807) is 23.5 Å². The van der Waals surface area contributed by atoms with Crippen molar-refractivity contribution in [2.45, 2.75) is 35.5 Å². The van der Waals surface area contributed by atoms with E-state index in [9.17, 15) is 8.78 Å². The molecule has 2 nitrogen and oxygen atoms in total. The van der Waals surface area contributed by atoms with Crippen molar-refractivity contribution in [2.75, 3.05) is 5.32 Å². The summed E-state index contributed by atoms with van der Waals surface area (Å²) >= 11 is 3.65. The maximum Gasteiger partial charge on any atom is 0.387 e. The van der Waals surface area contributed by atoms with Crippen LogP contribution in [0.15, 0.2) is 39.9 Å². The van der Waals surface area contributed by atoms with E-state index in [0.29, 0.717) is 5.25 Å². The molecule has 0 saturated heterocycles. The number of nitrogens with one attached hydrogen (secondary N) is 1. The van der Waals surface area contributed by atoms with Crippen LogP contribution >= 0.6 is 23.1 Å². The summed E-state index contributed by atoms with van der Waals surface area (Å²) in [4.78, 5) is 0. The molecule has 3 rings (SSSR count). The van der Waals surface area contributed by atoms with Gasteiger partial charge in [-0.25, -0.2) is 0 Å². The molecule has 0 spiro atoms. The van der Waals surface area contributed by atoms with Gasteiger partial charge in [-0.15, -0.1) is 23.1 Å². The fraction of sp³-hybridized carbons (Fsp3) is 0.333. The minimum Gasteiger partial charge on any atom is -0.435 e. The molecule has 1 aromatic carbocycles. The van der Waals surface area contributed by atoms with Crippen LogP contribution in [0.5, 0.6) is 5.75 Å². The van der Waals surface area contributed by atoms with Crippen molar-refractivity contribution in [1.29, 1.82) is 0 Å². The fourth-order valence-electron chi connectivity index (χ4n) is 2.45. The summed E-state index contributed by atoms with van der Waals surface area (Å²) in [5.41, 5.74) is 2.10. The van der Waals surface area contributed by atoms with Crippen molar-refractivity contribution < 1.29 is 13.5 Å². The van der Waals surface area contributed by atoms with Crippen LogP contribution in [0.3, 0.4) is 0 Å². The number of anilines is 1. The summed E-state index contributed by atoms with van der Waals surface area (Å²) in [6.07, 6.45) is 1.01. The zero-order valence-electron chi connectivity index (χ0n) is 11.4. The Balaban J connectivity index is 1.78. The van der Waals surface area contributed by atoms with Crippen molar-refractivity contribution >= 4 is 28.8 Å². The van der Waals surface area contributed by atoms with Gasteiger partial charge in [-0.2, -0.15) is 8.78 Å². The van der Waals surface area contributed by atoms with Crippen molar-refractivity contribution in [3.63, 3.8) is 0 Å². The molecule has 2 heterocycles. The number of thiophene rings is 1. The highest BCUT2D eigenvalue weighted by molar-refractivity contribution is 8.01. The van der Waals surface area contributed by atoms with Crippen molar-refractivity contribution in [3.05, 3.63) is 41.3 Å². The second kappa shape index (κ2) is 6.23. The van der Waals surface area contributed by atoms with Gasteiger partial charge in [0.05, 0.1) is 10.3 Å². The van der Waals surface area contributed by atoms with Gasteiger partial charge >= 0.3 is 6.61 Å². The number of benzene rings is 1. The molecule has 0 fully saturated rings. The lowest BCUT2D eigenvalue weighted by atomic mass is 10.0. The fourth-order valence-corrected chi connectivity index (χ4v) is 5.02. The molecule has 112 valence electrons. The molecule has 0 bridgehead atoms. The zero-order chi connectivity index (χ0) is 14.8. The molecule has 1 aliphatic rings. The third-order valence-electron chi connectivity index (χ3n) is 3.31. The van der Waals surface area contributed by atoms with Gasteiger partial charge in [-0.3, -0.25) is 0 Å². The number of rotatable bonds is 4. The number of hydrogen-bond acceptors (Lipinski definition) is 4. The maximum atomic E-state index is 12.3. The van der Waals surface area contributed by atoms with Gasteiger partial charge in [-0.1, -0.05) is 13.0 Å². The van der Waals surface area contributed by atoms with Crippen LogP contribution in [-0.2, 0) is 0 Å². The van der Waals surface area contributed by atoms with Crippen LogP contribution in [-0.4, -0.2) is 11.9 Å². The van der Waals surface area contributed by atoms with Crippen LogP contribution in [0.2, 0.25) is 0 Å². The molecular weight excluding hydrogens is 312 g/mol. The average Bonchev–Trinajstić information content (AvgIpc) is 2.86. The summed E-state index contributed by atoms with van der Waals surface area (Å²) in [6, 6.07) is 9.09. The third kappa shape index (κ3) is 3.49. The summed E-state index contributed by atoms with van der Waals surface area (Å²) in [5, 5.41) is 6.07. The molecule has 2 aromatic rings. The van der Waals surface area contributed by atoms with Gasteiger partial charge in [0.1, 0.15) is 5.75 Å².